The summed E-state index contributed by atoms with van der Waals surface area (Å²) in [5, 5.41) is 13.6. The molecule has 1 unspecified atom stereocenters. The number of carbonyl (C=O) groups is 1. The summed E-state index contributed by atoms with van der Waals surface area (Å²) in [6, 6.07) is 8.07. The molecule has 1 heterocycles. The lowest BCUT2D eigenvalue weighted by Gasteiger charge is -2.25. The smallest absolute Gasteiger partial charge is 0.309 e. The Labute approximate surface area is 112 Å². The fraction of sp³-hybridized carbons (Fsp3) is 0.400. The highest BCUT2D eigenvalue weighted by Crippen LogP contribution is 2.33. The van der Waals surface area contributed by atoms with Gasteiger partial charge in [-0.3, -0.25) is 4.79 Å². The number of hydrogen-bond acceptors (Lipinski definition) is 2. The van der Waals surface area contributed by atoms with Crippen LogP contribution in [0.1, 0.15) is 31.9 Å². The van der Waals surface area contributed by atoms with E-state index in [1.54, 1.807) is 13.8 Å². The second kappa shape index (κ2) is 5.05. The third-order valence-corrected chi connectivity index (χ3v) is 3.64. The highest BCUT2D eigenvalue weighted by Gasteiger charge is 2.31. The molecule has 0 saturated carbocycles. The summed E-state index contributed by atoms with van der Waals surface area (Å²) < 4.78 is 0. The van der Waals surface area contributed by atoms with Crippen molar-refractivity contribution in [1.82, 2.24) is 10.3 Å². The largest absolute Gasteiger partial charge is 0.481 e. The molecule has 0 aliphatic heterocycles. The van der Waals surface area contributed by atoms with E-state index in [1.165, 1.54) is 0 Å². The summed E-state index contributed by atoms with van der Waals surface area (Å²) >= 11 is 0. The number of carboxylic acids is 1. The number of H-pyrrole nitrogens is 1. The molecule has 4 nitrogen and oxygen atoms in total. The van der Waals surface area contributed by atoms with Crippen LogP contribution in [0.4, 0.5) is 0 Å². The molecule has 1 atom stereocenters. The van der Waals surface area contributed by atoms with Gasteiger partial charge < -0.3 is 15.4 Å². The van der Waals surface area contributed by atoms with Crippen molar-refractivity contribution in [2.24, 2.45) is 5.41 Å². The van der Waals surface area contributed by atoms with E-state index in [0.717, 1.165) is 16.5 Å². The van der Waals surface area contributed by atoms with E-state index in [9.17, 15) is 9.90 Å². The Morgan fingerprint density at radius 2 is 2.11 bits per heavy atom. The molecule has 0 amide bonds. The van der Waals surface area contributed by atoms with Gasteiger partial charge in [0.2, 0.25) is 0 Å². The summed E-state index contributed by atoms with van der Waals surface area (Å²) in [6.45, 7) is 3.52. The zero-order chi connectivity index (χ0) is 14.0. The lowest BCUT2D eigenvalue weighted by molar-refractivity contribution is -0.147. The second-order valence-corrected chi connectivity index (χ2v) is 5.52. The molecule has 0 bridgehead atoms. The summed E-state index contributed by atoms with van der Waals surface area (Å²) in [6.07, 6.45) is 2.50. The van der Waals surface area contributed by atoms with Crippen LogP contribution in [0.5, 0.6) is 0 Å². The van der Waals surface area contributed by atoms with Gasteiger partial charge in [-0.15, -0.1) is 0 Å². The number of rotatable bonds is 5. The molecule has 1 aromatic carbocycles. The van der Waals surface area contributed by atoms with Gasteiger partial charge in [-0.25, -0.2) is 0 Å². The topological polar surface area (TPSA) is 65.1 Å². The van der Waals surface area contributed by atoms with Gasteiger partial charge in [0.05, 0.1) is 5.41 Å². The molecule has 0 radical (unpaired) electrons. The van der Waals surface area contributed by atoms with Crippen LogP contribution in [0.15, 0.2) is 30.5 Å². The van der Waals surface area contributed by atoms with Crippen molar-refractivity contribution in [3.63, 3.8) is 0 Å². The van der Waals surface area contributed by atoms with Gasteiger partial charge in [0, 0.05) is 23.1 Å². The first-order valence-electron chi connectivity index (χ1n) is 6.42. The number of nitrogens with one attached hydrogen (secondary N) is 2. The van der Waals surface area contributed by atoms with Gasteiger partial charge in [0.15, 0.2) is 0 Å². The molecule has 0 aliphatic rings. The highest BCUT2D eigenvalue weighted by molar-refractivity contribution is 5.83. The first kappa shape index (κ1) is 13.6. The van der Waals surface area contributed by atoms with Crippen LogP contribution >= 0.6 is 0 Å². The van der Waals surface area contributed by atoms with Gasteiger partial charge in [-0.1, -0.05) is 18.2 Å². The van der Waals surface area contributed by atoms with E-state index in [-0.39, 0.29) is 6.04 Å². The quantitative estimate of drug-likeness (QED) is 0.774. The maximum Gasteiger partial charge on any atom is 0.309 e. The van der Waals surface area contributed by atoms with Crippen molar-refractivity contribution in [3.05, 3.63) is 36.0 Å². The van der Waals surface area contributed by atoms with Crippen LogP contribution in [0.2, 0.25) is 0 Å². The van der Waals surface area contributed by atoms with Crippen LogP contribution in [0.3, 0.4) is 0 Å². The van der Waals surface area contributed by atoms with Crippen LogP contribution in [0, 0.1) is 5.41 Å². The summed E-state index contributed by atoms with van der Waals surface area (Å²) in [5.41, 5.74) is 1.43. The molecule has 19 heavy (non-hydrogen) atoms. The third kappa shape index (κ3) is 2.63. The van der Waals surface area contributed by atoms with Crippen LogP contribution in [0.25, 0.3) is 10.9 Å². The van der Waals surface area contributed by atoms with Crippen molar-refractivity contribution < 1.29 is 9.90 Å². The van der Waals surface area contributed by atoms with E-state index >= 15 is 0 Å². The number of aromatic amines is 1. The molecule has 0 aliphatic carbocycles. The van der Waals surface area contributed by atoms with Crippen LogP contribution in [-0.2, 0) is 4.79 Å². The molecule has 0 fully saturated rings. The number of hydrogen-bond donors (Lipinski definition) is 3. The maximum atomic E-state index is 11.3. The fourth-order valence-corrected chi connectivity index (χ4v) is 2.35. The van der Waals surface area contributed by atoms with Crippen molar-refractivity contribution in [3.8, 4) is 0 Å². The Bertz CT molecular complexity index is 587. The van der Waals surface area contributed by atoms with Crippen molar-refractivity contribution >= 4 is 16.9 Å². The van der Waals surface area contributed by atoms with Crippen LogP contribution in [-0.4, -0.2) is 23.1 Å². The first-order chi connectivity index (χ1) is 8.95. The molecule has 102 valence electrons. The maximum absolute atomic E-state index is 11.3. The third-order valence-electron chi connectivity index (χ3n) is 3.64. The van der Waals surface area contributed by atoms with E-state index in [2.05, 4.69) is 16.4 Å². The van der Waals surface area contributed by atoms with Crippen molar-refractivity contribution in [1.29, 1.82) is 0 Å². The van der Waals surface area contributed by atoms with Crippen molar-refractivity contribution in [2.45, 2.75) is 26.3 Å². The van der Waals surface area contributed by atoms with E-state index < -0.39 is 11.4 Å². The SMILES string of the molecule is CNC(CC(C)(C)C(=O)O)c1c[nH]c2ccccc12. The average molecular weight is 260 g/mol. The number of benzene rings is 1. The molecule has 2 rings (SSSR count). The standard InChI is InChI=1S/C15H20N2O2/c1-15(2,14(18)19)8-13(16-3)11-9-17-12-7-5-4-6-10(11)12/h4-7,9,13,16-17H,8H2,1-3H3,(H,18,19). The predicted octanol–water partition coefficient (Wildman–Crippen LogP) is 2.93. The lowest BCUT2D eigenvalue weighted by Crippen LogP contribution is -2.30. The van der Waals surface area contributed by atoms with Gasteiger partial charge in [0.25, 0.3) is 0 Å². The van der Waals surface area contributed by atoms with E-state index in [1.807, 2.05) is 31.4 Å². The minimum atomic E-state index is -0.771. The monoisotopic (exact) mass is 260 g/mol. The molecular weight excluding hydrogens is 240 g/mol. The van der Waals surface area contributed by atoms with Gasteiger partial charge in [-0.05, 0) is 38.9 Å². The lowest BCUT2D eigenvalue weighted by atomic mass is 9.83. The Morgan fingerprint density at radius 1 is 1.42 bits per heavy atom. The molecule has 2 aromatic rings. The highest BCUT2D eigenvalue weighted by atomic mass is 16.4. The minimum Gasteiger partial charge on any atom is -0.481 e. The molecule has 4 heteroatoms. The van der Waals surface area contributed by atoms with Crippen molar-refractivity contribution in [2.75, 3.05) is 7.05 Å². The summed E-state index contributed by atoms with van der Waals surface area (Å²) in [4.78, 5) is 14.5. The number of carboxylic acid groups (broad SMARTS) is 1. The zero-order valence-electron chi connectivity index (χ0n) is 11.5. The van der Waals surface area contributed by atoms with E-state index in [4.69, 9.17) is 0 Å². The Morgan fingerprint density at radius 3 is 2.74 bits per heavy atom. The average Bonchev–Trinajstić information content (AvgIpc) is 2.79. The van der Waals surface area contributed by atoms with Gasteiger partial charge in [0.1, 0.15) is 0 Å². The summed E-state index contributed by atoms with van der Waals surface area (Å²) in [7, 11) is 1.87. The molecular formula is C15H20N2O2. The Hall–Kier alpha value is -1.81. The van der Waals surface area contributed by atoms with E-state index in [0.29, 0.717) is 6.42 Å². The fourth-order valence-electron chi connectivity index (χ4n) is 2.35. The molecule has 3 N–H and O–H groups in total. The number of para-hydroxylation sites is 1. The second-order valence-electron chi connectivity index (χ2n) is 5.52. The molecule has 0 saturated heterocycles. The molecule has 0 spiro atoms. The number of fused-ring (bicyclic) bond motifs is 1. The van der Waals surface area contributed by atoms with Gasteiger partial charge in [-0.2, -0.15) is 0 Å². The Balaban J connectivity index is 2.35. The predicted molar refractivity (Wildman–Crippen MR) is 76.1 cm³/mol. The van der Waals surface area contributed by atoms with Crippen LogP contribution < -0.4 is 5.32 Å². The zero-order valence-corrected chi connectivity index (χ0v) is 11.5. The minimum absolute atomic E-state index is 0.0160. The molecule has 1 aromatic heterocycles. The van der Waals surface area contributed by atoms with Gasteiger partial charge >= 0.3 is 5.97 Å². The number of aliphatic carboxylic acids is 1. The number of aromatic nitrogens is 1. The normalized spacial score (nSPS) is 13.6. The summed E-state index contributed by atoms with van der Waals surface area (Å²) in [5.74, 6) is -0.771. The first-order valence-corrected chi connectivity index (χ1v) is 6.42. The Kier molecular flexibility index (Phi) is 3.62.